The summed E-state index contributed by atoms with van der Waals surface area (Å²) in [5, 5.41) is -1.18. The van der Waals surface area contributed by atoms with Crippen molar-refractivity contribution in [2.75, 3.05) is 6.61 Å². The average molecular weight is 271 g/mol. The van der Waals surface area contributed by atoms with Crippen LogP contribution < -0.4 is 0 Å². The van der Waals surface area contributed by atoms with Crippen molar-refractivity contribution in [2.24, 2.45) is 17.3 Å². The van der Waals surface area contributed by atoms with Gasteiger partial charge in [-0.05, 0) is 18.3 Å². The molecule has 0 aromatic rings. The van der Waals surface area contributed by atoms with E-state index in [4.69, 9.17) is 16.3 Å². The van der Waals surface area contributed by atoms with E-state index in [9.17, 15) is 18.0 Å². The maximum absolute atomic E-state index is 12.2. The van der Waals surface area contributed by atoms with Crippen molar-refractivity contribution >= 4 is 17.6 Å². The minimum Gasteiger partial charge on any atom is -0.466 e. The Morgan fingerprint density at radius 1 is 1.47 bits per heavy atom. The summed E-state index contributed by atoms with van der Waals surface area (Å²) in [4.78, 5) is 11.5. The van der Waals surface area contributed by atoms with E-state index in [0.717, 1.165) is 6.08 Å². The summed E-state index contributed by atoms with van der Waals surface area (Å²) in [7, 11) is 0. The maximum Gasteiger partial charge on any atom is 0.426 e. The van der Waals surface area contributed by atoms with Crippen LogP contribution in [0.2, 0.25) is 0 Å². The van der Waals surface area contributed by atoms with E-state index in [1.54, 1.807) is 20.8 Å². The highest BCUT2D eigenvalue weighted by Crippen LogP contribution is 2.60. The third-order valence-corrected chi connectivity index (χ3v) is 3.39. The van der Waals surface area contributed by atoms with Gasteiger partial charge < -0.3 is 4.74 Å². The maximum atomic E-state index is 12.2. The van der Waals surface area contributed by atoms with E-state index >= 15 is 0 Å². The second-order valence-electron chi connectivity index (χ2n) is 4.59. The summed E-state index contributed by atoms with van der Waals surface area (Å²) in [5.74, 6) is -1.53. The van der Waals surface area contributed by atoms with Gasteiger partial charge in [0.05, 0.1) is 12.5 Å². The molecule has 0 bridgehead atoms. The zero-order chi connectivity index (χ0) is 13.4. The molecule has 17 heavy (non-hydrogen) atoms. The Morgan fingerprint density at radius 3 is 2.41 bits per heavy atom. The van der Waals surface area contributed by atoms with Crippen molar-refractivity contribution in [3.8, 4) is 0 Å². The fourth-order valence-corrected chi connectivity index (χ4v) is 2.06. The van der Waals surface area contributed by atoms with Crippen molar-refractivity contribution in [1.29, 1.82) is 0 Å². The van der Waals surface area contributed by atoms with Crippen LogP contribution in [0.4, 0.5) is 13.2 Å². The van der Waals surface area contributed by atoms with Gasteiger partial charge in [0.2, 0.25) is 0 Å². The smallest absolute Gasteiger partial charge is 0.426 e. The summed E-state index contributed by atoms with van der Waals surface area (Å²) in [6.45, 7) is 5.31. The second-order valence-corrected chi connectivity index (χ2v) is 5.00. The highest BCUT2D eigenvalue weighted by molar-refractivity contribution is 6.30. The van der Waals surface area contributed by atoms with Crippen LogP contribution in [0.1, 0.15) is 20.8 Å². The molecule has 1 aliphatic carbocycles. The number of halogens is 4. The first-order valence-electron chi connectivity index (χ1n) is 5.23. The first-order chi connectivity index (χ1) is 7.62. The number of allylic oxidation sites excluding steroid dienone is 2. The predicted molar refractivity (Wildman–Crippen MR) is 57.4 cm³/mol. The number of alkyl halides is 3. The van der Waals surface area contributed by atoms with Gasteiger partial charge in [-0.1, -0.05) is 31.5 Å². The van der Waals surface area contributed by atoms with Gasteiger partial charge in [0.1, 0.15) is 5.03 Å². The lowest BCUT2D eigenvalue weighted by Gasteiger charge is -2.04. The van der Waals surface area contributed by atoms with Crippen LogP contribution in [0, 0.1) is 17.3 Å². The molecule has 0 aliphatic heterocycles. The Balaban J connectivity index is 2.79. The molecule has 0 amide bonds. The first kappa shape index (κ1) is 14.4. The van der Waals surface area contributed by atoms with Crippen molar-refractivity contribution in [2.45, 2.75) is 26.9 Å². The Morgan fingerprint density at radius 2 is 2.00 bits per heavy atom. The highest BCUT2D eigenvalue weighted by atomic mass is 35.5. The second kappa shape index (κ2) is 4.52. The quantitative estimate of drug-likeness (QED) is 0.734. The van der Waals surface area contributed by atoms with Crippen molar-refractivity contribution < 1.29 is 22.7 Å². The van der Waals surface area contributed by atoms with Crippen LogP contribution in [0.25, 0.3) is 0 Å². The van der Waals surface area contributed by atoms with E-state index in [-0.39, 0.29) is 6.61 Å². The van der Waals surface area contributed by atoms with Gasteiger partial charge in [0.25, 0.3) is 0 Å². The van der Waals surface area contributed by atoms with Gasteiger partial charge in [-0.2, -0.15) is 13.2 Å². The van der Waals surface area contributed by atoms with E-state index in [1.165, 1.54) is 0 Å². The third kappa shape index (κ3) is 2.94. The molecule has 0 heterocycles. The Kier molecular flexibility index (Phi) is 3.81. The van der Waals surface area contributed by atoms with Crippen LogP contribution in [-0.2, 0) is 9.53 Å². The fraction of sp³-hybridized carbons (Fsp3) is 0.727. The van der Waals surface area contributed by atoms with Crippen molar-refractivity contribution in [1.82, 2.24) is 0 Å². The van der Waals surface area contributed by atoms with E-state index in [1.807, 2.05) is 0 Å². The van der Waals surface area contributed by atoms with E-state index in [2.05, 4.69) is 0 Å². The molecule has 1 rings (SSSR count). The average Bonchev–Trinajstić information content (AvgIpc) is 2.67. The largest absolute Gasteiger partial charge is 0.466 e. The van der Waals surface area contributed by atoms with Crippen LogP contribution in [-0.4, -0.2) is 18.8 Å². The SMILES string of the molecule is CCOC(=O)[C@H]1[C@@H](C=C(Cl)C(F)(F)F)C1(C)C. The van der Waals surface area contributed by atoms with Crippen molar-refractivity contribution in [3.05, 3.63) is 11.1 Å². The molecule has 0 radical (unpaired) electrons. The first-order valence-corrected chi connectivity index (χ1v) is 5.61. The minimum atomic E-state index is -4.56. The lowest BCUT2D eigenvalue weighted by molar-refractivity contribution is -0.145. The Hall–Kier alpha value is -0.710. The zero-order valence-corrected chi connectivity index (χ0v) is 10.5. The van der Waals surface area contributed by atoms with Crippen LogP contribution in [0.3, 0.4) is 0 Å². The molecule has 1 fully saturated rings. The molecule has 6 heteroatoms. The molecule has 2 atom stereocenters. The van der Waals surface area contributed by atoms with Crippen LogP contribution in [0.15, 0.2) is 11.1 Å². The molecule has 1 aliphatic rings. The summed E-state index contributed by atoms with van der Waals surface area (Å²) in [6.07, 6.45) is -3.65. The number of esters is 1. The molecule has 98 valence electrons. The van der Waals surface area contributed by atoms with E-state index < -0.39 is 34.4 Å². The number of carbonyl (C=O) groups excluding carboxylic acids is 1. The predicted octanol–water partition coefficient (Wildman–Crippen LogP) is 3.51. The summed E-state index contributed by atoms with van der Waals surface area (Å²) >= 11 is 5.15. The van der Waals surface area contributed by atoms with Gasteiger partial charge >= 0.3 is 12.1 Å². The molecule has 0 saturated heterocycles. The summed E-state index contributed by atoms with van der Waals surface area (Å²) in [6, 6.07) is 0. The number of hydrogen-bond acceptors (Lipinski definition) is 2. The van der Waals surface area contributed by atoms with Crippen LogP contribution >= 0.6 is 11.6 Å². The summed E-state index contributed by atoms with van der Waals surface area (Å²) < 4.78 is 41.6. The molecular formula is C11H14ClF3O2. The lowest BCUT2D eigenvalue weighted by Crippen LogP contribution is -2.10. The molecule has 0 aromatic heterocycles. The zero-order valence-electron chi connectivity index (χ0n) is 9.77. The minimum absolute atomic E-state index is 0.217. The third-order valence-electron chi connectivity index (χ3n) is 3.05. The number of ether oxygens (including phenoxy) is 1. The topological polar surface area (TPSA) is 26.3 Å². The monoisotopic (exact) mass is 270 g/mol. The molecule has 0 N–H and O–H groups in total. The molecule has 2 nitrogen and oxygen atoms in total. The van der Waals surface area contributed by atoms with Gasteiger partial charge in [-0.25, -0.2) is 0 Å². The molecule has 0 aromatic carbocycles. The number of rotatable bonds is 3. The van der Waals surface area contributed by atoms with Crippen LogP contribution in [0.5, 0.6) is 0 Å². The molecule has 0 spiro atoms. The molecule has 1 saturated carbocycles. The molecular weight excluding hydrogens is 257 g/mol. The summed E-state index contributed by atoms with van der Waals surface area (Å²) in [5.41, 5.74) is -0.530. The van der Waals surface area contributed by atoms with Gasteiger partial charge in [-0.15, -0.1) is 0 Å². The fourth-order valence-electron chi connectivity index (χ4n) is 1.92. The normalized spacial score (nSPS) is 27.8. The number of carbonyl (C=O) groups is 1. The van der Waals surface area contributed by atoms with Gasteiger partial charge in [-0.3, -0.25) is 4.79 Å². The Bertz CT molecular complexity index is 347. The highest BCUT2D eigenvalue weighted by Gasteiger charge is 2.62. The van der Waals surface area contributed by atoms with Crippen molar-refractivity contribution in [3.63, 3.8) is 0 Å². The Labute approximate surface area is 103 Å². The molecule has 0 unspecified atom stereocenters. The lowest BCUT2D eigenvalue weighted by atomic mass is 10.1. The van der Waals surface area contributed by atoms with Gasteiger partial charge in [0, 0.05) is 0 Å². The standard InChI is InChI=1S/C11H14ClF3O2/c1-4-17-9(16)8-6(10(8,2)3)5-7(12)11(13,14)15/h5-6,8H,4H2,1-3H3/t6-,8-/m1/s1. The van der Waals surface area contributed by atoms with E-state index in [0.29, 0.717) is 0 Å². The van der Waals surface area contributed by atoms with Gasteiger partial charge in [0.15, 0.2) is 0 Å². The number of hydrogen-bond donors (Lipinski definition) is 0.